The van der Waals surface area contributed by atoms with Crippen LogP contribution in [0.2, 0.25) is 0 Å². The molecule has 0 aromatic heterocycles. The molecule has 2 N–H and O–H groups in total. The van der Waals surface area contributed by atoms with E-state index in [-0.39, 0.29) is 16.9 Å². The topological polar surface area (TPSA) is 66.4 Å². The van der Waals surface area contributed by atoms with Gasteiger partial charge in [-0.25, -0.2) is 8.42 Å². The summed E-state index contributed by atoms with van der Waals surface area (Å²) in [6, 6.07) is 4.72. The Bertz CT molecular complexity index is 501. The number of hydrogen-bond donors (Lipinski definition) is 2. The first-order valence-electron chi connectivity index (χ1n) is 5.39. The first kappa shape index (κ1) is 13.8. The number of hydrogen-bond acceptors (Lipinski definition) is 3. The molecule has 0 aliphatic rings. The molecule has 0 radical (unpaired) electrons. The highest BCUT2D eigenvalue weighted by Gasteiger charge is 2.21. The number of rotatable bonds is 3. The fraction of sp³-hybridized carbons (Fsp3) is 0.500. The lowest BCUT2D eigenvalue weighted by atomic mass is 10.0. The van der Waals surface area contributed by atoms with Crippen LogP contribution in [0.3, 0.4) is 0 Å². The number of phenols is 1. The van der Waals surface area contributed by atoms with Crippen molar-refractivity contribution in [2.45, 2.75) is 27.7 Å². The van der Waals surface area contributed by atoms with Crippen LogP contribution < -0.4 is 4.72 Å². The van der Waals surface area contributed by atoms with Crippen molar-refractivity contribution in [2.75, 3.05) is 10.5 Å². The van der Waals surface area contributed by atoms with E-state index in [0.29, 0.717) is 11.3 Å². The highest BCUT2D eigenvalue weighted by molar-refractivity contribution is 7.92. The minimum atomic E-state index is -3.38. The van der Waals surface area contributed by atoms with E-state index >= 15 is 0 Å². The van der Waals surface area contributed by atoms with Crippen molar-refractivity contribution in [3.05, 3.63) is 23.8 Å². The highest BCUT2D eigenvalue weighted by atomic mass is 32.2. The van der Waals surface area contributed by atoms with Gasteiger partial charge >= 0.3 is 0 Å². The molecule has 0 heterocycles. The van der Waals surface area contributed by atoms with Crippen LogP contribution in [0.5, 0.6) is 5.75 Å². The SMILES string of the molecule is Cc1ccc(NS(=O)(=O)CC(C)(C)C)cc1O. The second-order valence-electron chi connectivity index (χ2n) is 5.42. The number of benzene rings is 1. The van der Waals surface area contributed by atoms with Gasteiger partial charge in [0, 0.05) is 6.07 Å². The molecule has 0 saturated heterocycles. The Kier molecular flexibility index (Phi) is 3.71. The number of aryl methyl sites for hydroxylation is 1. The lowest BCUT2D eigenvalue weighted by Crippen LogP contribution is -2.26. The smallest absolute Gasteiger partial charge is 0.233 e. The van der Waals surface area contributed by atoms with Crippen molar-refractivity contribution < 1.29 is 13.5 Å². The lowest BCUT2D eigenvalue weighted by molar-refractivity contribution is 0.463. The Balaban J connectivity index is 2.87. The van der Waals surface area contributed by atoms with Crippen molar-refractivity contribution >= 4 is 15.7 Å². The van der Waals surface area contributed by atoms with Crippen LogP contribution in [-0.2, 0) is 10.0 Å². The largest absolute Gasteiger partial charge is 0.508 e. The van der Waals surface area contributed by atoms with Crippen LogP contribution in [0, 0.1) is 12.3 Å². The summed E-state index contributed by atoms with van der Waals surface area (Å²) in [6.45, 7) is 7.33. The minimum absolute atomic E-state index is 0.0363. The second-order valence-corrected chi connectivity index (χ2v) is 7.15. The second kappa shape index (κ2) is 4.56. The van der Waals surface area contributed by atoms with Crippen molar-refractivity contribution in [2.24, 2.45) is 5.41 Å². The summed E-state index contributed by atoms with van der Waals surface area (Å²) in [5.41, 5.74) is 0.791. The Hall–Kier alpha value is -1.23. The van der Waals surface area contributed by atoms with Gasteiger partial charge in [0.2, 0.25) is 10.0 Å². The van der Waals surface area contributed by atoms with Gasteiger partial charge in [0.1, 0.15) is 5.75 Å². The Morgan fingerprint density at radius 3 is 2.35 bits per heavy atom. The molecule has 4 nitrogen and oxygen atoms in total. The van der Waals surface area contributed by atoms with E-state index in [4.69, 9.17) is 0 Å². The molecule has 0 unspecified atom stereocenters. The van der Waals surface area contributed by atoms with Crippen LogP contribution in [0.4, 0.5) is 5.69 Å². The molecule has 96 valence electrons. The predicted octanol–water partition coefficient (Wildman–Crippen LogP) is 2.49. The number of sulfonamides is 1. The van der Waals surface area contributed by atoms with Crippen molar-refractivity contribution in [1.29, 1.82) is 0 Å². The summed E-state index contributed by atoms with van der Waals surface area (Å²) >= 11 is 0. The van der Waals surface area contributed by atoms with Crippen LogP contribution in [0.15, 0.2) is 18.2 Å². The molecule has 0 atom stereocenters. The standard InChI is InChI=1S/C12H19NO3S/c1-9-5-6-10(7-11(9)14)13-17(15,16)8-12(2,3)4/h5-7,13-14H,8H2,1-4H3. The van der Waals surface area contributed by atoms with Crippen molar-refractivity contribution in [1.82, 2.24) is 0 Å². The summed E-state index contributed by atoms with van der Waals surface area (Å²) < 4.78 is 26.1. The highest BCUT2D eigenvalue weighted by Crippen LogP contribution is 2.23. The molecule has 1 aromatic rings. The van der Waals surface area contributed by atoms with Crippen LogP contribution >= 0.6 is 0 Å². The van der Waals surface area contributed by atoms with Gasteiger partial charge in [0.15, 0.2) is 0 Å². The van der Waals surface area contributed by atoms with Crippen LogP contribution in [0.1, 0.15) is 26.3 Å². The Morgan fingerprint density at radius 1 is 1.29 bits per heavy atom. The molecular weight excluding hydrogens is 238 g/mol. The fourth-order valence-corrected chi connectivity index (χ4v) is 3.16. The molecule has 0 bridgehead atoms. The zero-order valence-corrected chi connectivity index (χ0v) is 11.4. The maximum absolute atomic E-state index is 11.8. The molecule has 17 heavy (non-hydrogen) atoms. The summed E-state index contributed by atoms with van der Waals surface area (Å²) in [4.78, 5) is 0. The third-order valence-electron chi connectivity index (χ3n) is 2.11. The number of nitrogens with one attached hydrogen (secondary N) is 1. The van der Waals surface area contributed by atoms with Crippen molar-refractivity contribution in [3.63, 3.8) is 0 Å². The lowest BCUT2D eigenvalue weighted by Gasteiger charge is -2.18. The van der Waals surface area contributed by atoms with E-state index in [2.05, 4.69) is 4.72 Å². The third kappa shape index (κ3) is 4.65. The first-order chi connectivity index (χ1) is 7.59. The molecule has 0 spiro atoms. The molecule has 0 saturated carbocycles. The van der Waals surface area contributed by atoms with Gasteiger partial charge in [-0.2, -0.15) is 0 Å². The van der Waals surface area contributed by atoms with Gasteiger partial charge in [-0.1, -0.05) is 26.8 Å². The van der Waals surface area contributed by atoms with Gasteiger partial charge in [-0.05, 0) is 24.0 Å². The van der Waals surface area contributed by atoms with E-state index < -0.39 is 10.0 Å². The Morgan fingerprint density at radius 2 is 1.88 bits per heavy atom. The third-order valence-corrected chi connectivity index (χ3v) is 3.90. The molecule has 0 amide bonds. The van der Waals surface area contributed by atoms with E-state index in [1.165, 1.54) is 6.07 Å². The molecule has 1 aromatic carbocycles. The van der Waals surface area contributed by atoms with Gasteiger partial charge in [-0.3, -0.25) is 4.72 Å². The normalized spacial score (nSPS) is 12.5. The summed E-state index contributed by atoms with van der Waals surface area (Å²) in [5.74, 6) is 0.121. The zero-order valence-electron chi connectivity index (χ0n) is 10.6. The van der Waals surface area contributed by atoms with E-state index in [1.807, 2.05) is 20.8 Å². The van der Waals surface area contributed by atoms with Crippen LogP contribution in [0.25, 0.3) is 0 Å². The van der Waals surface area contributed by atoms with Gasteiger partial charge in [-0.15, -0.1) is 0 Å². The zero-order chi connectivity index (χ0) is 13.3. The molecule has 0 aliphatic heterocycles. The van der Waals surface area contributed by atoms with E-state index in [9.17, 15) is 13.5 Å². The van der Waals surface area contributed by atoms with Crippen molar-refractivity contribution in [3.8, 4) is 5.75 Å². The average Bonchev–Trinajstić information content (AvgIpc) is 2.06. The molecular formula is C12H19NO3S. The monoisotopic (exact) mass is 257 g/mol. The van der Waals surface area contributed by atoms with Gasteiger partial charge in [0.25, 0.3) is 0 Å². The number of phenolic OH excluding ortho intramolecular Hbond substituents is 1. The van der Waals surface area contributed by atoms with E-state index in [1.54, 1.807) is 19.1 Å². The predicted molar refractivity (Wildman–Crippen MR) is 69.7 cm³/mol. The Labute approximate surface area is 103 Å². The number of anilines is 1. The summed E-state index contributed by atoms with van der Waals surface area (Å²) in [6.07, 6.45) is 0. The molecule has 1 rings (SSSR count). The average molecular weight is 257 g/mol. The maximum atomic E-state index is 11.8. The maximum Gasteiger partial charge on any atom is 0.233 e. The molecule has 0 aliphatic carbocycles. The summed E-state index contributed by atoms with van der Waals surface area (Å²) in [7, 11) is -3.38. The van der Waals surface area contributed by atoms with Gasteiger partial charge in [0.05, 0.1) is 11.4 Å². The minimum Gasteiger partial charge on any atom is -0.508 e. The van der Waals surface area contributed by atoms with Gasteiger partial charge < -0.3 is 5.11 Å². The quantitative estimate of drug-likeness (QED) is 0.874. The molecule has 0 fully saturated rings. The fourth-order valence-electron chi connectivity index (χ4n) is 1.46. The molecule has 5 heteroatoms. The summed E-state index contributed by atoms with van der Waals surface area (Å²) in [5, 5.41) is 9.49. The van der Waals surface area contributed by atoms with Crippen LogP contribution in [-0.4, -0.2) is 19.3 Å². The van der Waals surface area contributed by atoms with E-state index in [0.717, 1.165) is 0 Å². The number of aromatic hydroxyl groups is 1. The first-order valence-corrected chi connectivity index (χ1v) is 7.04.